The van der Waals surface area contributed by atoms with Gasteiger partial charge in [-0.3, -0.25) is 9.59 Å². The summed E-state index contributed by atoms with van der Waals surface area (Å²) >= 11 is 0. The van der Waals surface area contributed by atoms with Crippen molar-refractivity contribution in [3.05, 3.63) is 0 Å². The van der Waals surface area contributed by atoms with Crippen LogP contribution in [0.15, 0.2) is 0 Å². The van der Waals surface area contributed by atoms with Gasteiger partial charge in [0.15, 0.2) is 5.78 Å². The van der Waals surface area contributed by atoms with Crippen LogP contribution in [0.2, 0.25) is 0 Å². The van der Waals surface area contributed by atoms with Gasteiger partial charge in [0, 0.05) is 19.1 Å². The van der Waals surface area contributed by atoms with Crippen LogP contribution in [-0.2, 0) is 19.1 Å². The highest BCUT2D eigenvalue weighted by Gasteiger charge is 2.40. The van der Waals surface area contributed by atoms with Gasteiger partial charge in [-0.1, -0.05) is 13.8 Å². The Morgan fingerprint density at radius 1 is 1.17 bits per heavy atom. The largest absolute Gasteiger partial charge is 0.459 e. The molecule has 0 aromatic carbocycles. The zero-order chi connectivity index (χ0) is 18.5. The molecule has 0 saturated heterocycles. The number of carbonyl (C=O) groups is 2. The number of esters is 1. The summed E-state index contributed by atoms with van der Waals surface area (Å²) < 4.78 is 10.9. The Morgan fingerprint density at radius 2 is 1.79 bits per heavy atom. The van der Waals surface area contributed by atoms with Crippen molar-refractivity contribution in [3.8, 4) is 0 Å². The molecular weight excluding hydrogens is 306 g/mol. The van der Waals surface area contributed by atoms with E-state index in [1.54, 1.807) is 7.11 Å². The number of nitrogens with one attached hydrogen (secondary N) is 1. The number of rotatable bonds is 8. The molecule has 5 heteroatoms. The lowest BCUT2D eigenvalue weighted by molar-refractivity contribution is -0.157. The molecule has 4 atom stereocenters. The van der Waals surface area contributed by atoms with Crippen LogP contribution in [0, 0.1) is 5.92 Å². The highest BCUT2D eigenvalue weighted by molar-refractivity contribution is 5.89. The first kappa shape index (κ1) is 21.1. The van der Waals surface area contributed by atoms with Gasteiger partial charge in [0.05, 0.1) is 0 Å². The maximum absolute atomic E-state index is 12.7. The van der Waals surface area contributed by atoms with Crippen molar-refractivity contribution in [3.63, 3.8) is 0 Å². The van der Waals surface area contributed by atoms with Gasteiger partial charge in [-0.25, -0.2) is 0 Å². The zero-order valence-corrected chi connectivity index (χ0v) is 16.4. The first-order valence-electron chi connectivity index (χ1n) is 9.14. The molecule has 1 aliphatic rings. The average Bonchev–Trinajstić information content (AvgIpc) is 2.97. The van der Waals surface area contributed by atoms with Gasteiger partial charge in [-0.15, -0.1) is 0 Å². The molecule has 0 spiro atoms. The van der Waals surface area contributed by atoms with E-state index in [1.165, 1.54) is 0 Å². The standard InChI is InChI=1S/C19H35NO4/c1-8-15(17(22)24-18(3,4)5)20-14-11-10-13(12-14)16(21)19(6,9-2)23-7/h13-15,20H,8-12H2,1-7H3/t13-,14-,15?,19?/m0/s1. The third-order valence-electron chi connectivity index (χ3n) is 4.99. The maximum atomic E-state index is 12.7. The lowest BCUT2D eigenvalue weighted by atomic mass is 9.87. The summed E-state index contributed by atoms with van der Waals surface area (Å²) in [6.07, 6.45) is 3.86. The first-order valence-corrected chi connectivity index (χ1v) is 9.14. The van der Waals surface area contributed by atoms with Crippen molar-refractivity contribution >= 4 is 11.8 Å². The van der Waals surface area contributed by atoms with E-state index < -0.39 is 11.2 Å². The van der Waals surface area contributed by atoms with Gasteiger partial charge in [-0.05, 0) is 59.8 Å². The molecule has 140 valence electrons. The van der Waals surface area contributed by atoms with Crippen LogP contribution in [0.1, 0.15) is 73.6 Å². The quantitative estimate of drug-likeness (QED) is 0.687. The monoisotopic (exact) mass is 341 g/mol. The van der Waals surface area contributed by atoms with Gasteiger partial charge < -0.3 is 14.8 Å². The third-order valence-corrected chi connectivity index (χ3v) is 4.99. The van der Waals surface area contributed by atoms with E-state index in [9.17, 15) is 9.59 Å². The summed E-state index contributed by atoms with van der Waals surface area (Å²) in [5.74, 6) is -0.0271. The molecule has 1 rings (SSSR count). The number of methoxy groups -OCH3 is 1. The predicted octanol–water partition coefficient (Wildman–Crippen LogP) is 3.25. The van der Waals surface area contributed by atoms with Crippen molar-refractivity contribution < 1.29 is 19.1 Å². The molecule has 1 aliphatic carbocycles. The number of hydrogen-bond acceptors (Lipinski definition) is 5. The summed E-state index contributed by atoms with van der Waals surface area (Å²) in [5, 5.41) is 3.39. The first-order chi connectivity index (χ1) is 11.1. The molecule has 5 nitrogen and oxygen atoms in total. The summed E-state index contributed by atoms with van der Waals surface area (Å²) in [6, 6.07) is -0.141. The summed E-state index contributed by atoms with van der Waals surface area (Å²) in [5.41, 5.74) is -1.18. The van der Waals surface area contributed by atoms with E-state index >= 15 is 0 Å². The molecule has 0 aromatic rings. The Bertz CT molecular complexity index is 437. The third kappa shape index (κ3) is 5.55. The normalized spacial score (nSPS) is 25.1. The Morgan fingerprint density at radius 3 is 2.25 bits per heavy atom. The van der Waals surface area contributed by atoms with Crippen LogP contribution in [0.5, 0.6) is 0 Å². The number of Topliss-reactive ketones (excluding diaryl/α,β-unsaturated/α-hetero) is 1. The van der Waals surface area contributed by atoms with Crippen molar-refractivity contribution in [1.29, 1.82) is 0 Å². The number of ketones is 1. The summed E-state index contributed by atoms with van der Waals surface area (Å²) in [6.45, 7) is 11.4. The zero-order valence-electron chi connectivity index (χ0n) is 16.4. The van der Waals surface area contributed by atoms with E-state index in [1.807, 2.05) is 41.5 Å². The van der Waals surface area contributed by atoms with Gasteiger partial charge in [0.2, 0.25) is 0 Å². The fourth-order valence-electron chi connectivity index (χ4n) is 3.23. The number of hydrogen-bond donors (Lipinski definition) is 1. The Kier molecular flexibility index (Phi) is 7.42. The summed E-state index contributed by atoms with van der Waals surface area (Å²) in [7, 11) is 1.60. The highest BCUT2D eigenvalue weighted by atomic mass is 16.6. The van der Waals surface area contributed by atoms with Gasteiger partial charge in [0.1, 0.15) is 17.2 Å². The van der Waals surface area contributed by atoms with E-state index in [2.05, 4.69) is 5.32 Å². The molecule has 1 N–H and O–H groups in total. The van der Waals surface area contributed by atoms with Gasteiger partial charge in [-0.2, -0.15) is 0 Å². The smallest absolute Gasteiger partial charge is 0.323 e. The predicted molar refractivity (Wildman–Crippen MR) is 94.9 cm³/mol. The molecule has 1 saturated carbocycles. The fourth-order valence-corrected chi connectivity index (χ4v) is 3.23. The van der Waals surface area contributed by atoms with Gasteiger partial charge in [0.25, 0.3) is 0 Å². The topological polar surface area (TPSA) is 64.6 Å². The lowest BCUT2D eigenvalue weighted by Gasteiger charge is -2.28. The molecule has 0 radical (unpaired) electrons. The number of carbonyl (C=O) groups excluding carboxylic acids is 2. The van der Waals surface area contributed by atoms with E-state index in [0.29, 0.717) is 12.8 Å². The molecule has 24 heavy (non-hydrogen) atoms. The molecule has 0 aliphatic heterocycles. The van der Waals surface area contributed by atoms with Crippen LogP contribution in [-0.4, -0.2) is 42.1 Å². The molecule has 0 amide bonds. The molecular formula is C19H35NO4. The minimum Gasteiger partial charge on any atom is -0.459 e. The van der Waals surface area contributed by atoms with Gasteiger partial charge >= 0.3 is 5.97 Å². The van der Waals surface area contributed by atoms with E-state index in [4.69, 9.17) is 9.47 Å². The number of ether oxygens (including phenoxy) is 2. The molecule has 0 heterocycles. The lowest BCUT2D eigenvalue weighted by Crippen LogP contribution is -2.45. The highest BCUT2D eigenvalue weighted by Crippen LogP contribution is 2.32. The van der Waals surface area contributed by atoms with E-state index in [-0.39, 0.29) is 29.8 Å². The second-order valence-electron chi connectivity index (χ2n) is 8.02. The molecule has 1 fully saturated rings. The van der Waals surface area contributed by atoms with Crippen LogP contribution >= 0.6 is 0 Å². The van der Waals surface area contributed by atoms with Crippen molar-refractivity contribution in [2.24, 2.45) is 5.92 Å². The van der Waals surface area contributed by atoms with Crippen molar-refractivity contribution in [2.45, 2.75) is 96.9 Å². The maximum Gasteiger partial charge on any atom is 0.323 e. The Balaban J connectivity index is 2.62. The molecule has 2 unspecified atom stereocenters. The average molecular weight is 341 g/mol. The minimum atomic E-state index is -0.700. The van der Waals surface area contributed by atoms with Crippen molar-refractivity contribution in [1.82, 2.24) is 5.32 Å². The SMILES string of the molecule is CCC(N[C@H]1CC[C@H](C(=O)C(C)(CC)OC)C1)C(=O)OC(C)(C)C. The second-order valence-corrected chi connectivity index (χ2v) is 8.02. The van der Waals surface area contributed by atoms with E-state index in [0.717, 1.165) is 19.3 Å². The van der Waals surface area contributed by atoms with Crippen LogP contribution in [0.3, 0.4) is 0 Å². The fraction of sp³-hybridized carbons (Fsp3) is 0.895. The molecule has 0 aromatic heterocycles. The molecule has 0 bridgehead atoms. The summed E-state index contributed by atoms with van der Waals surface area (Å²) in [4.78, 5) is 25.0. The second kappa shape index (κ2) is 8.43. The Labute approximate surface area is 146 Å². The van der Waals surface area contributed by atoms with Crippen LogP contribution in [0.4, 0.5) is 0 Å². The van der Waals surface area contributed by atoms with Crippen molar-refractivity contribution in [2.75, 3.05) is 7.11 Å². The Hall–Kier alpha value is -0.940. The van der Waals surface area contributed by atoms with Crippen LogP contribution in [0.25, 0.3) is 0 Å². The minimum absolute atomic E-state index is 0.00328. The van der Waals surface area contributed by atoms with Crippen LogP contribution < -0.4 is 5.32 Å².